The van der Waals surface area contributed by atoms with Gasteiger partial charge in [-0.1, -0.05) is 0 Å². The maximum Gasteiger partial charge on any atom is 0.0646 e. The van der Waals surface area contributed by atoms with Crippen LogP contribution in [0.3, 0.4) is 0 Å². The topological polar surface area (TPSA) is 32.7 Å². The van der Waals surface area contributed by atoms with Crippen molar-refractivity contribution in [1.82, 2.24) is 4.90 Å². The Morgan fingerprint density at radius 2 is 2.38 bits per heavy atom. The predicted molar refractivity (Wildman–Crippen MR) is 50.7 cm³/mol. The molecule has 0 aromatic carbocycles. The number of rotatable bonds is 3. The van der Waals surface area contributed by atoms with Crippen molar-refractivity contribution in [2.75, 3.05) is 26.9 Å². The second-order valence-electron chi connectivity index (χ2n) is 4.33. The van der Waals surface area contributed by atoms with Gasteiger partial charge in [0.2, 0.25) is 0 Å². The average molecular weight is 185 g/mol. The summed E-state index contributed by atoms with van der Waals surface area (Å²) >= 11 is 0. The van der Waals surface area contributed by atoms with Crippen molar-refractivity contribution in [3.8, 4) is 0 Å². The van der Waals surface area contributed by atoms with Crippen molar-refractivity contribution in [2.24, 2.45) is 0 Å². The van der Waals surface area contributed by atoms with Crippen LogP contribution in [-0.4, -0.2) is 48.5 Å². The molecule has 76 valence electrons. The number of fused-ring (bicyclic) bond motifs is 1. The molecule has 0 aromatic heterocycles. The molecule has 0 amide bonds. The molecule has 2 aliphatic heterocycles. The summed E-state index contributed by atoms with van der Waals surface area (Å²) in [6.07, 6.45) is 4.85. The average Bonchev–Trinajstić information content (AvgIpc) is 2.62. The van der Waals surface area contributed by atoms with Gasteiger partial charge in [0.05, 0.1) is 13.2 Å². The molecule has 0 bridgehead atoms. The lowest BCUT2D eigenvalue weighted by molar-refractivity contribution is 0.0374. The molecule has 0 aromatic rings. The van der Waals surface area contributed by atoms with Gasteiger partial charge in [-0.2, -0.15) is 0 Å². The van der Waals surface area contributed by atoms with Gasteiger partial charge in [0.1, 0.15) is 0 Å². The predicted octanol–water partition coefficient (Wildman–Crippen LogP) is 0.622. The highest BCUT2D eigenvalue weighted by Gasteiger charge is 2.48. The normalized spacial score (nSPS) is 39.7. The highest BCUT2D eigenvalue weighted by atomic mass is 16.5. The minimum absolute atomic E-state index is 0.280. The van der Waals surface area contributed by atoms with Gasteiger partial charge < -0.3 is 9.84 Å². The SMILES string of the molecule is COC[C@@]12CCCN1C(CO)CC2. The quantitative estimate of drug-likeness (QED) is 0.699. The Morgan fingerprint density at radius 3 is 3.08 bits per heavy atom. The molecular formula is C10H19NO2. The summed E-state index contributed by atoms with van der Waals surface area (Å²) in [4.78, 5) is 2.47. The lowest BCUT2D eigenvalue weighted by Gasteiger charge is -2.33. The standard InChI is InChI=1S/C10H19NO2/c1-13-8-10-4-2-6-11(10)9(7-12)3-5-10/h9,12H,2-8H2,1H3/t9?,10-/m0/s1. The third-order valence-electron chi connectivity index (χ3n) is 3.66. The van der Waals surface area contributed by atoms with Crippen molar-refractivity contribution in [2.45, 2.75) is 37.3 Å². The van der Waals surface area contributed by atoms with E-state index in [4.69, 9.17) is 4.74 Å². The Balaban J connectivity index is 2.09. The van der Waals surface area contributed by atoms with Crippen molar-refractivity contribution >= 4 is 0 Å². The Labute approximate surface area is 79.7 Å². The molecule has 0 aliphatic carbocycles. The van der Waals surface area contributed by atoms with E-state index in [0.29, 0.717) is 12.6 Å². The summed E-state index contributed by atoms with van der Waals surface area (Å²) in [6.45, 7) is 2.30. The fourth-order valence-electron chi connectivity index (χ4n) is 3.07. The lowest BCUT2D eigenvalue weighted by Crippen LogP contribution is -2.46. The zero-order valence-electron chi connectivity index (χ0n) is 8.33. The minimum Gasteiger partial charge on any atom is -0.395 e. The first-order valence-electron chi connectivity index (χ1n) is 5.19. The fourth-order valence-corrected chi connectivity index (χ4v) is 3.07. The third-order valence-corrected chi connectivity index (χ3v) is 3.66. The summed E-state index contributed by atoms with van der Waals surface area (Å²) < 4.78 is 5.30. The maximum absolute atomic E-state index is 9.21. The van der Waals surface area contributed by atoms with Gasteiger partial charge in [0.25, 0.3) is 0 Å². The Morgan fingerprint density at radius 1 is 1.54 bits per heavy atom. The first kappa shape index (κ1) is 9.44. The summed E-state index contributed by atoms with van der Waals surface area (Å²) in [5.41, 5.74) is 0.280. The van der Waals surface area contributed by atoms with E-state index in [1.165, 1.54) is 19.3 Å². The van der Waals surface area contributed by atoms with Crippen LogP contribution < -0.4 is 0 Å². The third kappa shape index (κ3) is 1.39. The first-order chi connectivity index (χ1) is 6.32. The van der Waals surface area contributed by atoms with E-state index in [1.54, 1.807) is 7.11 Å². The number of methoxy groups -OCH3 is 1. The van der Waals surface area contributed by atoms with E-state index in [0.717, 1.165) is 19.6 Å². The number of nitrogens with zero attached hydrogens (tertiary/aromatic N) is 1. The Bertz CT molecular complexity index is 186. The lowest BCUT2D eigenvalue weighted by atomic mass is 9.95. The number of hydrogen-bond donors (Lipinski definition) is 1. The van der Waals surface area contributed by atoms with E-state index in [-0.39, 0.29) is 5.54 Å². The molecule has 0 radical (unpaired) electrons. The van der Waals surface area contributed by atoms with Gasteiger partial charge in [-0.25, -0.2) is 0 Å². The van der Waals surface area contributed by atoms with Crippen LogP contribution in [0.25, 0.3) is 0 Å². The summed E-state index contributed by atoms with van der Waals surface area (Å²) in [6, 6.07) is 0.401. The van der Waals surface area contributed by atoms with Crippen molar-refractivity contribution in [3.05, 3.63) is 0 Å². The molecule has 13 heavy (non-hydrogen) atoms. The van der Waals surface area contributed by atoms with Crippen LogP contribution in [0.2, 0.25) is 0 Å². The molecular weight excluding hydrogens is 166 g/mol. The smallest absolute Gasteiger partial charge is 0.0646 e. The summed E-state index contributed by atoms with van der Waals surface area (Å²) in [5, 5.41) is 9.21. The molecule has 0 saturated carbocycles. The highest BCUT2D eigenvalue weighted by molar-refractivity contribution is 5.04. The first-order valence-corrected chi connectivity index (χ1v) is 5.19. The van der Waals surface area contributed by atoms with Crippen LogP contribution in [0, 0.1) is 0 Å². The maximum atomic E-state index is 9.21. The fraction of sp³-hybridized carbons (Fsp3) is 1.00. The molecule has 3 nitrogen and oxygen atoms in total. The van der Waals surface area contributed by atoms with Crippen molar-refractivity contribution in [1.29, 1.82) is 0 Å². The van der Waals surface area contributed by atoms with Crippen molar-refractivity contribution < 1.29 is 9.84 Å². The molecule has 1 unspecified atom stereocenters. The second-order valence-corrected chi connectivity index (χ2v) is 4.33. The zero-order valence-corrected chi connectivity index (χ0v) is 8.33. The molecule has 2 heterocycles. The van der Waals surface area contributed by atoms with E-state index < -0.39 is 0 Å². The molecule has 0 spiro atoms. The molecule has 2 aliphatic rings. The van der Waals surface area contributed by atoms with Crippen LogP contribution in [0.1, 0.15) is 25.7 Å². The number of ether oxygens (including phenoxy) is 1. The van der Waals surface area contributed by atoms with Gasteiger partial charge in [0.15, 0.2) is 0 Å². The summed E-state index contributed by atoms with van der Waals surface area (Å²) in [5.74, 6) is 0. The van der Waals surface area contributed by atoms with Gasteiger partial charge in [-0.15, -0.1) is 0 Å². The molecule has 2 fully saturated rings. The van der Waals surface area contributed by atoms with Gasteiger partial charge in [0, 0.05) is 18.7 Å². The minimum atomic E-state index is 0.280. The van der Waals surface area contributed by atoms with Gasteiger partial charge >= 0.3 is 0 Å². The van der Waals surface area contributed by atoms with Crippen molar-refractivity contribution in [3.63, 3.8) is 0 Å². The van der Waals surface area contributed by atoms with E-state index in [2.05, 4.69) is 4.90 Å². The van der Waals surface area contributed by atoms with E-state index in [1.807, 2.05) is 0 Å². The van der Waals surface area contributed by atoms with E-state index in [9.17, 15) is 5.11 Å². The largest absolute Gasteiger partial charge is 0.395 e. The van der Waals surface area contributed by atoms with Gasteiger partial charge in [-0.3, -0.25) is 4.90 Å². The highest BCUT2D eigenvalue weighted by Crippen LogP contribution is 2.42. The van der Waals surface area contributed by atoms with Crippen LogP contribution in [0.15, 0.2) is 0 Å². The van der Waals surface area contributed by atoms with Crippen LogP contribution in [0.4, 0.5) is 0 Å². The Kier molecular flexibility index (Phi) is 2.58. The number of aliphatic hydroxyl groups excluding tert-OH is 1. The van der Waals surface area contributed by atoms with Gasteiger partial charge in [-0.05, 0) is 32.2 Å². The summed E-state index contributed by atoms with van der Waals surface area (Å²) in [7, 11) is 1.78. The van der Waals surface area contributed by atoms with Crippen LogP contribution in [-0.2, 0) is 4.74 Å². The van der Waals surface area contributed by atoms with Crippen LogP contribution in [0.5, 0.6) is 0 Å². The van der Waals surface area contributed by atoms with E-state index >= 15 is 0 Å². The Hall–Kier alpha value is -0.120. The monoisotopic (exact) mass is 185 g/mol. The number of hydrogen-bond acceptors (Lipinski definition) is 3. The zero-order chi connectivity index (χ0) is 9.31. The molecule has 2 rings (SSSR count). The van der Waals surface area contributed by atoms with Crippen LogP contribution >= 0.6 is 0 Å². The molecule has 3 heteroatoms. The number of aliphatic hydroxyl groups is 1. The molecule has 1 N–H and O–H groups in total. The molecule has 2 saturated heterocycles. The molecule has 2 atom stereocenters. The second kappa shape index (κ2) is 3.56.